The fourth-order valence-electron chi connectivity index (χ4n) is 2.11. The number of carbonyl (C=O) groups is 2. The van der Waals surface area contributed by atoms with Gasteiger partial charge in [-0.2, -0.15) is 5.26 Å². The molecular weight excluding hydrogens is 196 g/mol. The van der Waals surface area contributed by atoms with Crippen LogP contribution in [0.5, 0.6) is 0 Å². The summed E-state index contributed by atoms with van der Waals surface area (Å²) in [5, 5.41) is 19.4. The first-order valence-corrected chi connectivity index (χ1v) is 5.02. The number of carbonyl (C=O) groups excluding carboxylic acids is 1. The molecular formula is C10H14N2O3. The lowest BCUT2D eigenvalue weighted by Crippen LogP contribution is -2.38. The molecule has 1 fully saturated rings. The van der Waals surface area contributed by atoms with Crippen molar-refractivity contribution in [2.45, 2.75) is 38.5 Å². The maximum absolute atomic E-state index is 11.2. The second-order valence-corrected chi connectivity index (χ2v) is 3.98. The normalized spacial score (nSPS) is 18.9. The average molecular weight is 210 g/mol. The molecule has 82 valence electrons. The molecule has 1 saturated carbocycles. The zero-order valence-corrected chi connectivity index (χ0v) is 8.45. The lowest BCUT2D eigenvalue weighted by Gasteiger charge is -2.32. The van der Waals surface area contributed by atoms with Crippen LogP contribution in [0.25, 0.3) is 0 Å². The molecule has 0 aromatic heterocycles. The molecule has 0 aliphatic heterocycles. The molecule has 5 heteroatoms. The Bertz CT molecular complexity index is 300. The average Bonchev–Trinajstić information content (AvgIpc) is 2.19. The van der Waals surface area contributed by atoms with Crippen molar-refractivity contribution in [3.05, 3.63) is 0 Å². The molecule has 0 bridgehead atoms. The highest BCUT2D eigenvalue weighted by molar-refractivity contribution is 5.85. The molecule has 0 aromatic carbocycles. The van der Waals surface area contributed by atoms with Crippen molar-refractivity contribution in [2.75, 3.05) is 0 Å². The van der Waals surface area contributed by atoms with Gasteiger partial charge in [-0.15, -0.1) is 0 Å². The highest BCUT2D eigenvalue weighted by Gasteiger charge is 2.41. The Morgan fingerprint density at radius 3 is 2.40 bits per heavy atom. The van der Waals surface area contributed by atoms with Crippen LogP contribution >= 0.6 is 0 Å². The molecule has 1 amide bonds. The summed E-state index contributed by atoms with van der Waals surface area (Å²) in [4.78, 5) is 22.4. The monoisotopic (exact) mass is 210 g/mol. The summed E-state index contributed by atoms with van der Waals surface area (Å²) in [6.45, 7) is 0. The molecule has 0 radical (unpaired) electrons. The first kappa shape index (κ1) is 11.5. The van der Waals surface area contributed by atoms with Gasteiger partial charge in [0, 0.05) is 6.42 Å². The number of nitrogens with zero attached hydrogens (tertiary/aromatic N) is 1. The predicted molar refractivity (Wildman–Crippen MR) is 51.5 cm³/mol. The number of hydrogen-bond donors (Lipinski definition) is 2. The maximum Gasteiger partial charge on any atom is 0.310 e. The summed E-state index contributed by atoms with van der Waals surface area (Å²) < 4.78 is 0. The minimum Gasteiger partial charge on any atom is -0.481 e. The Labute approximate surface area is 88.1 Å². The van der Waals surface area contributed by atoms with Gasteiger partial charge in [0.25, 0.3) is 0 Å². The van der Waals surface area contributed by atoms with E-state index in [1.165, 1.54) is 6.19 Å². The van der Waals surface area contributed by atoms with Gasteiger partial charge in [-0.1, -0.05) is 19.3 Å². The van der Waals surface area contributed by atoms with Crippen molar-refractivity contribution in [2.24, 2.45) is 5.41 Å². The van der Waals surface area contributed by atoms with Crippen LogP contribution in [0.15, 0.2) is 0 Å². The van der Waals surface area contributed by atoms with Crippen LogP contribution in [0.2, 0.25) is 0 Å². The molecule has 0 aromatic rings. The van der Waals surface area contributed by atoms with Crippen LogP contribution in [-0.2, 0) is 9.59 Å². The molecule has 1 aliphatic rings. The zero-order valence-electron chi connectivity index (χ0n) is 8.45. The number of aliphatic carboxylic acids is 1. The molecule has 1 rings (SSSR count). The molecule has 0 saturated heterocycles. The quantitative estimate of drug-likeness (QED) is 0.537. The van der Waals surface area contributed by atoms with Gasteiger partial charge in [-0.25, -0.2) is 0 Å². The van der Waals surface area contributed by atoms with E-state index in [0.29, 0.717) is 12.8 Å². The van der Waals surface area contributed by atoms with Gasteiger partial charge in [-0.05, 0) is 12.8 Å². The standard InChI is InChI=1S/C10H14N2O3/c11-7-12-8(13)6-10(9(14)15)4-2-1-3-5-10/h1-6H2,(H,12,13)(H,14,15). The highest BCUT2D eigenvalue weighted by atomic mass is 16.4. The third-order valence-corrected chi connectivity index (χ3v) is 2.96. The van der Waals surface area contributed by atoms with E-state index in [9.17, 15) is 9.59 Å². The van der Waals surface area contributed by atoms with E-state index < -0.39 is 17.3 Å². The topological polar surface area (TPSA) is 90.2 Å². The molecule has 0 heterocycles. The summed E-state index contributed by atoms with van der Waals surface area (Å²) in [6, 6.07) is 0. The summed E-state index contributed by atoms with van der Waals surface area (Å²) >= 11 is 0. The number of carboxylic acids is 1. The Balaban J connectivity index is 2.69. The van der Waals surface area contributed by atoms with E-state index in [1.54, 1.807) is 0 Å². The molecule has 2 N–H and O–H groups in total. The number of carboxylic acid groups (broad SMARTS) is 1. The Hall–Kier alpha value is -1.57. The molecule has 15 heavy (non-hydrogen) atoms. The van der Waals surface area contributed by atoms with Gasteiger partial charge in [-0.3, -0.25) is 14.9 Å². The number of hydrogen-bond acceptors (Lipinski definition) is 3. The first-order chi connectivity index (χ1) is 7.10. The second kappa shape index (κ2) is 4.78. The van der Waals surface area contributed by atoms with Gasteiger partial charge in [0.1, 0.15) is 0 Å². The van der Waals surface area contributed by atoms with Crippen molar-refractivity contribution in [3.63, 3.8) is 0 Å². The third-order valence-electron chi connectivity index (χ3n) is 2.96. The van der Waals surface area contributed by atoms with Crippen molar-refractivity contribution in [3.8, 4) is 6.19 Å². The predicted octanol–water partition coefficient (Wildman–Crippen LogP) is 1.01. The largest absolute Gasteiger partial charge is 0.481 e. The lowest BCUT2D eigenvalue weighted by molar-refractivity contribution is -0.154. The number of nitriles is 1. The summed E-state index contributed by atoms with van der Waals surface area (Å²) in [5.74, 6) is -1.42. The zero-order chi connectivity index (χ0) is 11.3. The number of amides is 1. The summed E-state index contributed by atoms with van der Waals surface area (Å²) in [6.07, 6.45) is 5.19. The number of rotatable bonds is 3. The number of nitrogens with one attached hydrogen (secondary N) is 1. The fourth-order valence-corrected chi connectivity index (χ4v) is 2.11. The SMILES string of the molecule is N#CNC(=O)CC1(C(=O)O)CCCCC1. The summed E-state index contributed by atoms with van der Waals surface area (Å²) in [7, 11) is 0. The summed E-state index contributed by atoms with van der Waals surface area (Å²) in [5.41, 5.74) is -0.945. The van der Waals surface area contributed by atoms with Crippen LogP contribution in [0, 0.1) is 16.9 Å². The van der Waals surface area contributed by atoms with Gasteiger partial charge >= 0.3 is 5.97 Å². The molecule has 5 nitrogen and oxygen atoms in total. The maximum atomic E-state index is 11.2. The lowest BCUT2D eigenvalue weighted by atomic mass is 9.71. The van der Waals surface area contributed by atoms with E-state index in [0.717, 1.165) is 19.3 Å². The minimum atomic E-state index is -0.945. The minimum absolute atomic E-state index is 0.0874. The van der Waals surface area contributed by atoms with E-state index in [1.807, 2.05) is 5.32 Å². The van der Waals surface area contributed by atoms with Crippen LogP contribution < -0.4 is 5.32 Å². The van der Waals surface area contributed by atoms with Crippen molar-refractivity contribution >= 4 is 11.9 Å². The van der Waals surface area contributed by atoms with E-state index in [4.69, 9.17) is 10.4 Å². The van der Waals surface area contributed by atoms with Gasteiger partial charge in [0.15, 0.2) is 6.19 Å². The molecule has 0 atom stereocenters. The van der Waals surface area contributed by atoms with Crippen LogP contribution in [0.1, 0.15) is 38.5 Å². The Morgan fingerprint density at radius 2 is 1.93 bits per heavy atom. The first-order valence-electron chi connectivity index (χ1n) is 5.02. The van der Waals surface area contributed by atoms with E-state index >= 15 is 0 Å². The van der Waals surface area contributed by atoms with Crippen molar-refractivity contribution < 1.29 is 14.7 Å². The van der Waals surface area contributed by atoms with Gasteiger partial charge in [0.05, 0.1) is 5.41 Å². The fraction of sp³-hybridized carbons (Fsp3) is 0.700. The molecule has 0 spiro atoms. The molecule has 1 aliphatic carbocycles. The van der Waals surface area contributed by atoms with Gasteiger partial charge in [0.2, 0.25) is 5.91 Å². The van der Waals surface area contributed by atoms with Crippen molar-refractivity contribution in [1.29, 1.82) is 5.26 Å². The van der Waals surface area contributed by atoms with E-state index in [-0.39, 0.29) is 6.42 Å². The third kappa shape index (κ3) is 2.69. The molecule has 0 unspecified atom stereocenters. The smallest absolute Gasteiger partial charge is 0.310 e. The van der Waals surface area contributed by atoms with Gasteiger partial charge < -0.3 is 5.11 Å². The Kier molecular flexibility index (Phi) is 3.67. The van der Waals surface area contributed by atoms with E-state index in [2.05, 4.69) is 0 Å². The highest BCUT2D eigenvalue weighted by Crippen LogP contribution is 2.39. The van der Waals surface area contributed by atoms with Crippen molar-refractivity contribution in [1.82, 2.24) is 5.32 Å². The second-order valence-electron chi connectivity index (χ2n) is 3.98. The van der Waals surface area contributed by atoms with Crippen LogP contribution in [0.3, 0.4) is 0 Å². The Morgan fingerprint density at radius 1 is 1.33 bits per heavy atom. The van der Waals surface area contributed by atoms with Crippen LogP contribution in [0.4, 0.5) is 0 Å². The van der Waals surface area contributed by atoms with Crippen LogP contribution in [-0.4, -0.2) is 17.0 Å².